The minimum absolute atomic E-state index is 0.101. The van der Waals surface area contributed by atoms with E-state index >= 15 is 0 Å². The van der Waals surface area contributed by atoms with Gasteiger partial charge in [-0.1, -0.05) is 18.2 Å². The lowest BCUT2D eigenvalue weighted by molar-refractivity contribution is 0.0735. The van der Waals surface area contributed by atoms with Gasteiger partial charge in [-0.15, -0.1) is 0 Å². The summed E-state index contributed by atoms with van der Waals surface area (Å²) in [6, 6.07) is 14.2. The number of ether oxygens (including phenoxy) is 2. The predicted octanol–water partition coefficient (Wildman–Crippen LogP) is 4.30. The summed E-state index contributed by atoms with van der Waals surface area (Å²) < 4.78 is 11.3. The Labute approximate surface area is 158 Å². The molecular formula is C21H23NO3S. The zero-order valence-corrected chi connectivity index (χ0v) is 15.8. The van der Waals surface area contributed by atoms with E-state index in [2.05, 4.69) is 24.5 Å². The van der Waals surface area contributed by atoms with Crippen LogP contribution in [0.1, 0.15) is 40.4 Å². The molecule has 2 aliphatic heterocycles. The quantitative estimate of drug-likeness (QED) is 0.806. The fraction of sp³-hybridized carbons (Fsp3) is 0.381. The van der Waals surface area contributed by atoms with Crippen LogP contribution in [0.3, 0.4) is 0 Å². The molecule has 26 heavy (non-hydrogen) atoms. The van der Waals surface area contributed by atoms with Crippen LogP contribution in [0.5, 0.6) is 11.5 Å². The van der Waals surface area contributed by atoms with Crippen LogP contribution in [0, 0.1) is 0 Å². The Bertz CT molecular complexity index is 790. The summed E-state index contributed by atoms with van der Waals surface area (Å²) in [5.74, 6) is 2.66. The van der Waals surface area contributed by atoms with Gasteiger partial charge in [0.25, 0.3) is 5.91 Å². The molecule has 0 saturated carbocycles. The van der Waals surface area contributed by atoms with E-state index in [9.17, 15) is 4.79 Å². The van der Waals surface area contributed by atoms with Crippen molar-refractivity contribution < 1.29 is 14.3 Å². The molecule has 2 aromatic carbocycles. The molecule has 2 heterocycles. The molecule has 1 atom stereocenters. The topological polar surface area (TPSA) is 38.8 Å². The summed E-state index contributed by atoms with van der Waals surface area (Å²) in [4.78, 5) is 15.0. The van der Waals surface area contributed by atoms with Crippen molar-refractivity contribution in [2.24, 2.45) is 0 Å². The fourth-order valence-electron chi connectivity index (χ4n) is 3.70. The summed E-state index contributed by atoms with van der Waals surface area (Å²) in [6.07, 6.45) is 4.09. The second-order valence-electron chi connectivity index (χ2n) is 6.69. The number of likely N-dealkylation sites (tertiary alicyclic amines) is 1. The third kappa shape index (κ3) is 3.40. The third-order valence-electron chi connectivity index (χ3n) is 4.98. The molecule has 1 fully saturated rings. The number of rotatable bonds is 4. The molecule has 0 radical (unpaired) electrons. The summed E-state index contributed by atoms with van der Waals surface area (Å²) in [7, 11) is 0. The molecule has 4 rings (SSSR count). The smallest absolute Gasteiger partial charge is 0.254 e. The highest BCUT2D eigenvalue weighted by atomic mass is 32.2. The van der Waals surface area contributed by atoms with E-state index in [1.807, 2.05) is 29.2 Å². The van der Waals surface area contributed by atoms with Crippen LogP contribution in [0.15, 0.2) is 42.5 Å². The van der Waals surface area contributed by atoms with Gasteiger partial charge in [0.05, 0.1) is 6.04 Å². The van der Waals surface area contributed by atoms with Crippen molar-refractivity contribution in [3.05, 3.63) is 59.2 Å². The van der Waals surface area contributed by atoms with Crippen molar-refractivity contribution in [3.8, 4) is 11.5 Å². The monoisotopic (exact) mass is 369 g/mol. The molecule has 5 heteroatoms. The number of carbonyl (C=O) groups excluding carboxylic acids is 1. The van der Waals surface area contributed by atoms with Crippen LogP contribution in [0.25, 0.3) is 0 Å². The number of thioether (sulfide) groups is 1. The van der Waals surface area contributed by atoms with Crippen molar-refractivity contribution in [3.63, 3.8) is 0 Å². The Hall–Kier alpha value is -2.14. The molecule has 1 amide bonds. The fourth-order valence-corrected chi connectivity index (χ4v) is 4.23. The molecule has 2 aliphatic rings. The van der Waals surface area contributed by atoms with Crippen LogP contribution in [-0.2, 0) is 5.75 Å². The average molecular weight is 369 g/mol. The Morgan fingerprint density at radius 3 is 2.65 bits per heavy atom. The van der Waals surface area contributed by atoms with E-state index in [0.29, 0.717) is 13.2 Å². The summed E-state index contributed by atoms with van der Waals surface area (Å²) in [5, 5.41) is 0. The summed E-state index contributed by atoms with van der Waals surface area (Å²) in [6.45, 7) is 1.96. The van der Waals surface area contributed by atoms with Gasteiger partial charge in [0.15, 0.2) is 11.5 Å². The molecule has 0 aliphatic carbocycles. The van der Waals surface area contributed by atoms with Crippen LogP contribution < -0.4 is 9.47 Å². The summed E-state index contributed by atoms with van der Waals surface area (Å²) >= 11 is 1.79. The Morgan fingerprint density at radius 1 is 1.12 bits per heavy atom. The minimum Gasteiger partial charge on any atom is -0.486 e. The lowest BCUT2D eigenvalue weighted by atomic mass is 10.0. The van der Waals surface area contributed by atoms with Crippen LogP contribution in [0.4, 0.5) is 0 Å². The van der Waals surface area contributed by atoms with Crippen LogP contribution in [0.2, 0.25) is 0 Å². The van der Waals surface area contributed by atoms with Gasteiger partial charge in [0.1, 0.15) is 13.2 Å². The van der Waals surface area contributed by atoms with Crippen molar-refractivity contribution in [2.45, 2.75) is 24.6 Å². The zero-order chi connectivity index (χ0) is 17.9. The highest BCUT2D eigenvalue weighted by Crippen LogP contribution is 2.38. The second kappa shape index (κ2) is 7.62. The molecule has 4 nitrogen and oxygen atoms in total. The maximum Gasteiger partial charge on any atom is 0.254 e. The highest BCUT2D eigenvalue weighted by Gasteiger charge is 2.31. The number of hydrogen-bond donors (Lipinski definition) is 0. The van der Waals surface area contributed by atoms with E-state index in [-0.39, 0.29) is 11.9 Å². The first-order valence-electron chi connectivity index (χ1n) is 9.04. The van der Waals surface area contributed by atoms with Gasteiger partial charge in [0.2, 0.25) is 0 Å². The van der Waals surface area contributed by atoms with Crippen molar-refractivity contribution in [2.75, 3.05) is 26.0 Å². The largest absolute Gasteiger partial charge is 0.486 e. The van der Waals surface area contributed by atoms with Crippen molar-refractivity contribution in [1.29, 1.82) is 0 Å². The number of benzene rings is 2. The van der Waals surface area contributed by atoms with Crippen molar-refractivity contribution in [1.82, 2.24) is 4.90 Å². The Kier molecular flexibility index (Phi) is 5.07. The van der Waals surface area contributed by atoms with Gasteiger partial charge in [-0.2, -0.15) is 11.8 Å². The molecule has 0 spiro atoms. The molecular weight excluding hydrogens is 346 g/mol. The predicted molar refractivity (Wildman–Crippen MR) is 104 cm³/mol. The SMILES string of the molecule is CSCc1ccc(C(=O)N2CCC[C@@H]2c2ccc3c(c2)OCCO3)cc1. The minimum atomic E-state index is 0.101. The average Bonchev–Trinajstić information content (AvgIpc) is 3.18. The standard InChI is InChI=1S/C21H23NO3S/c1-26-14-15-4-6-16(7-5-15)21(23)22-10-2-3-18(22)17-8-9-19-20(13-17)25-12-11-24-19/h4-9,13,18H,2-3,10-12,14H2,1H3/t18-/m1/s1. The molecule has 0 aromatic heterocycles. The molecule has 0 N–H and O–H groups in total. The highest BCUT2D eigenvalue weighted by molar-refractivity contribution is 7.97. The lowest BCUT2D eigenvalue weighted by Gasteiger charge is -2.27. The zero-order valence-electron chi connectivity index (χ0n) is 14.9. The number of nitrogens with zero attached hydrogens (tertiary/aromatic N) is 1. The molecule has 0 unspecified atom stereocenters. The second-order valence-corrected chi connectivity index (χ2v) is 7.56. The first kappa shape index (κ1) is 17.3. The maximum absolute atomic E-state index is 13.1. The molecule has 1 saturated heterocycles. The molecule has 2 aromatic rings. The normalized spacial score (nSPS) is 18.8. The first-order valence-corrected chi connectivity index (χ1v) is 10.4. The first-order chi connectivity index (χ1) is 12.8. The number of fused-ring (bicyclic) bond motifs is 1. The number of amides is 1. The maximum atomic E-state index is 13.1. The van der Waals surface area contributed by atoms with Gasteiger partial charge >= 0.3 is 0 Å². The Morgan fingerprint density at radius 2 is 1.88 bits per heavy atom. The van der Waals surface area contributed by atoms with Crippen LogP contribution in [-0.4, -0.2) is 36.8 Å². The van der Waals surface area contributed by atoms with Gasteiger partial charge in [-0.25, -0.2) is 0 Å². The van der Waals surface area contributed by atoms with E-state index in [1.165, 1.54) is 5.56 Å². The van der Waals surface area contributed by atoms with Gasteiger partial charge in [-0.05, 0) is 54.5 Å². The van der Waals surface area contributed by atoms with Gasteiger partial charge in [-0.3, -0.25) is 4.79 Å². The third-order valence-corrected chi connectivity index (χ3v) is 5.60. The molecule has 0 bridgehead atoms. The number of hydrogen-bond acceptors (Lipinski definition) is 4. The van der Waals surface area contributed by atoms with E-state index in [1.54, 1.807) is 11.8 Å². The lowest BCUT2D eigenvalue weighted by Crippen LogP contribution is -2.30. The van der Waals surface area contributed by atoms with E-state index in [0.717, 1.165) is 47.8 Å². The van der Waals surface area contributed by atoms with Gasteiger partial charge < -0.3 is 14.4 Å². The van der Waals surface area contributed by atoms with E-state index in [4.69, 9.17) is 9.47 Å². The van der Waals surface area contributed by atoms with E-state index < -0.39 is 0 Å². The van der Waals surface area contributed by atoms with Crippen LogP contribution >= 0.6 is 11.8 Å². The molecule has 136 valence electrons. The number of carbonyl (C=O) groups is 1. The Balaban J connectivity index is 1.55. The van der Waals surface area contributed by atoms with Crippen molar-refractivity contribution >= 4 is 17.7 Å². The van der Waals surface area contributed by atoms with Gasteiger partial charge in [0, 0.05) is 17.9 Å². The summed E-state index contributed by atoms with van der Waals surface area (Å²) in [5.41, 5.74) is 3.14.